The Bertz CT molecular complexity index is 232. The van der Waals surface area contributed by atoms with Crippen molar-refractivity contribution in [3.05, 3.63) is 30.1 Å². The molecule has 10 heavy (non-hydrogen) atoms. The summed E-state index contributed by atoms with van der Waals surface area (Å²) in [6.07, 6.45) is 1.63. The zero-order valence-electron chi connectivity index (χ0n) is 5.16. The first-order valence-electron chi connectivity index (χ1n) is 2.70. The maximum Gasteiger partial charge on any atom is 0.163 e. The maximum absolute atomic E-state index is 5.35. The van der Waals surface area contributed by atoms with Crippen LogP contribution in [0.1, 0.15) is 5.69 Å². The molecule has 3 nitrogen and oxygen atoms in total. The normalized spacial score (nSPS) is 11.5. The molecule has 0 unspecified atom stereocenters. The zero-order chi connectivity index (χ0) is 7.40. The van der Waals surface area contributed by atoms with Gasteiger partial charge in [0.05, 0.1) is 0 Å². The topological polar surface area (TPSA) is 51.3 Å². The molecule has 1 heterocycles. The molecule has 0 aliphatic heterocycles. The van der Waals surface area contributed by atoms with Gasteiger partial charge in [-0.15, -0.1) is 0 Å². The summed E-state index contributed by atoms with van der Waals surface area (Å²) in [7, 11) is 0. The predicted molar refractivity (Wildman–Crippen MR) is 40.8 cm³/mol. The summed E-state index contributed by atoms with van der Waals surface area (Å²) in [6.45, 7) is 0. The number of pyridine rings is 1. The van der Waals surface area contributed by atoms with Gasteiger partial charge in [-0.3, -0.25) is 4.98 Å². The Kier molecular flexibility index (Phi) is 2.23. The second kappa shape index (κ2) is 3.17. The Balaban J connectivity index is 2.96. The van der Waals surface area contributed by atoms with Gasteiger partial charge in [0.2, 0.25) is 0 Å². The summed E-state index contributed by atoms with van der Waals surface area (Å²) in [5.41, 5.74) is 5.94. The Morgan fingerprint density at radius 3 is 2.90 bits per heavy atom. The van der Waals surface area contributed by atoms with Gasteiger partial charge < -0.3 is 5.73 Å². The standard InChI is InChI=1S/C6H6ClN3/c7-10-6(8)5-3-1-2-4-9-5/h1-4H,(H2,8,10). The number of nitrogens with zero attached hydrogens (tertiary/aromatic N) is 2. The molecule has 0 amide bonds. The fourth-order valence-electron chi connectivity index (χ4n) is 0.558. The molecule has 2 N–H and O–H groups in total. The molecule has 52 valence electrons. The fraction of sp³-hybridized carbons (Fsp3) is 0. The first-order valence-corrected chi connectivity index (χ1v) is 3.04. The predicted octanol–water partition coefficient (Wildman–Crippen LogP) is 0.941. The molecule has 1 aromatic heterocycles. The highest BCUT2D eigenvalue weighted by Crippen LogP contribution is 1.93. The monoisotopic (exact) mass is 155 g/mol. The molecule has 0 aliphatic rings. The average Bonchev–Trinajstić information content (AvgIpc) is 2.05. The van der Waals surface area contributed by atoms with E-state index in [2.05, 4.69) is 9.50 Å². The van der Waals surface area contributed by atoms with Crippen molar-refractivity contribution < 1.29 is 0 Å². The number of nitrogens with two attached hydrogens (primary N) is 1. The number of aromatic nitrogens is 1. The Hall–Kier alpha value is -1.09. The van der Waals surface area contributed by atoms with Crippen LogP contribution >= 0.6 is 11.8 Å². The lowest BCUT2D eigenvalue weighted by molar-refractivity contribution is 1.28. The first kappa shape index (κ1) is 7.02. The number of rotatable bonds is 1. The van der Waals surface area contributed by atoms with E-state index in [0.717, 1.165) is 0 Å². The van der Waals surface area contributed by atoms with Gasteiger partial charge in [-0.25, -0.2) is 0 Å². The molecule has 1 aromatic rings. The van der Waals surface area contributed by atoms with E-state index in [1.165, 1.54) is 0 Å². The summed E-state index contributed by atoms with van der Waals surface area (Å²) < 4.78 is 3.26. The summed E-state index contributed by atoms with van der Waals surface area (Å²) in [5.74, 6) is 0.238. The van der Waals surface area contributed by atoms with Crippen molar-refractivity contribution >= 4 is 17.6 Å². The van der Waals surface area contributed by atoms with Crippen molar-refractivity contribution in [2.45, 2.75) is 0 Å². The van der Waals surface area contributed by atoms with Crippen LogP contribution in [0.4, 0.5) is 0 Å². The van der Waals surface area contributed by atoms with Gasteiger partial charge in [-0.2, -0.15) is 4.51 Å². The second-order valence-electron chi connectivity index (χ2n) is 1.68. The molecule has 0 aliphatic carbocycles. The lowest BCUT2D eigenvalue weighted by Crippen LogP contribution is -2.13. The van der Waals surface area contributed by atoms with Crippen molar-refractivity contribution in [3.8, 4) is 0 Å². The summed E-state index contributed by atoms with van der Waals surface area (Å²) in [5, 5.41) is 0. The van der Waals surface area contributed by atoms with Crippen molar-refractivity contribution in [1.82, 2.24) is 4.98 Å². The molecule has 1 rings (SSSR count). The van der Waals surface area contributed by atoms with Gasteiger partial charge in [-0.05, 0) is 12.1 Å². The molecule has 0 saturated heterocycles. The van der Waals surface area contributed by atoms with Crippen molar-refractivity contribution in [1.29, 1.82) is 0 Å². The van der Waals surface area contributed by atoms with E-state index in [1.54, 1.807) is 18.3 Å². The Morgan fingerprint density at radius 2 is 2.40 bits per heavy atom. The van der Waals surface area contributed by atoms with Gasteiger partial charge in [-0.1, -0.05) is 6.07 Å². The van der Waals surface area contributed by atoms with E-state index in [4.69, 9.17) is 17.5 Å². The summed E-state index contributed by atoms with van der Waals surface area (Å²) in [6, 6.07) is 5.35. The number of halogens is 1. The van der Waals surface area contributed by atoms with Crippen LogP contribution < -0.4 is 5.73 Å². The molecule has 0 radical (unpaired) electrons. The van der Waals surface area contributed by atoms with E-state index >= 15 is 0 Å². The van der Waals surface area contributed by atoms with Gasteiger partial charge >= 0.3 is 0 Å². The van der Waals surface area contributed by atoms with Crippen LogP contribution in [0.25, 0.3) is 0 Å². The minimum absolute atomic E-state index is 0.238. The van der Waals surface area contributed by atoms with Crippen molar-refractivity contribution in [2.24, 2.45) is 10.2 Å². The third-order valence-corrected chi connectivity index (χ3v) is 1.20. The lowest BCUT2D eigenvalue weighted by atomic mass is 10.3. The third kappa shape index (κ3) is 1.45. The lowest BCUT2D eigenvalue weighted by Gasteiger charge is -1.93. The Labute approximate surface area is 63.7 Å². The van der Waals surface area contributed by atoms with Crippen molar-refractivity contribution in [3.63, 3.8) is 0 Å². The van der Waals surface area contributed by atoms with E-state index in [1.807, 2.05) is 6.07 Å². The molecule has 0 bridgehead atoms. The quantitative estimate of drug-likeness (QED) is 0.485. The summed E-state index contributed by atoms with van der Waals surface area (Å²) in [4.78, 5) is 3.91. The highest BCUT2D eigenvalue weighted by molar-refractivity contribution is 6.21. The SMILES string of the molecule is NC(=NCl)c1ccccn1. The molecule has 4 heteroatoms. The zero-order valence-corrected chi connectivity index (χ0v) is 5.92. The molecule has 0 saturated carbocycles. The van der Waals surface area contributed by atoms with E-state index < -0.39 is 0 Å². The minimum Gasteiger partial charge on any atom is -0.381 e. The number of hydrogen-bond donors (Lipinski definition) is 1. The smallest absolute Gasteiger partial charge is 0.163 e. The fourth-order valence-corrected chi connectivity index (χ4v) is 0.644. The second-order valence-corrected chi connectivity index (χ2v) is 1.85. The highest BCUT2D eigenvalue weighted by atomic mass is 35.5. The Morgan fingerprint density at radius 1 is 1.60 bits per heavy atom. The molecule has 0 aromatic carbocycles. The maximum atomic E-state index is 5.35. The van der Waals surface area contributed by atoms with Gasteiger partial charge in [0.25, 0.3) is 0 Å². The van der Waals surface area contributed by atoms with Crippen LogP contribution in [0.15, 0.2) is 28.9 Å². The van der Waals surface area contributed by atoms with Crippen LogP contribution in [-0.2, 0) is 0 Å². The van der Waals surface area contributed by atoms with E-state index in [9.17, 15) is 0 Å². The molecule has 0 atom stereocenters. The molecule has 0 spiro atoms. The van der Waals surface area contributed by atoms with Gasteiger partial charge in [0, 0.05) is 18.0 Å². The van der Waals surface area contributed by atoms with Crippen LogP contribution in [0.2, 0.25) is 0 Å². The van der Waals surface area contributed by atoms with Crippen LogP contribution in [0.5, 0.6) is 0 Å². The van der Waals surface area contributed by atoms with E-state index in [-0.39, 0.29) is 5.84 Å². The van der Waals surface area contributed by atoms with Crippen LogP contribution in [0.3, 0.4) is 0 Å². The first-order chi connectivity index (χ1) is 4.84. The molecular weight excluding hydrogens is 150 g/mol. The third-order valence-electron chi connectivity index (χ3n) is 1.02. The number of hydrogen-bond acceptors (Lipinski definition) is 2. The number of amidine groups is 1. The molecular formula is C6H6ClN3. The van der Waals surface area contributed by atoms with Gasteiger partial charge in [0.15, 0.2) is 5.84 Å². The van der Waals surface area contributed by atoms with Crippen LogP contribution in [0, 0.1) is 0 Å². The minimum atomic E-state index is 0.238. The summed E-state index contributed by atoms with van der Waals surface area (Å²) >= 11 is 5.11. The molecule has 0 fully saturated rings. The highest BCUT2D eigenvalue weighted by Gasteiger charge is 1.94. The van der Waals surface area contributed by atoms with Crippen LogP contribution in [-0.4, -0.2) is 10.8 Å². The van der Waals surface area contributed by atoms with E-state index in [0.29, 0.717) is 5.69 Å². The average molecular weight is 156 g/mol. The van der Waals surface area contributed by atoms with Gasteiger partial charge in [0.1, 0.15) is 5.69 Å². The largest absolute Gasteiger partial charge is 0.381 e. The van der Waals surface area contributed by atoms with Crippen molar-refractivity contribution in [2.75, 3.05) is 0 Å².